The molecule has 4 heteroatoms. The minimum Gasteiger partial charge on any atom is -0.355 e. The number of amides is 1. The zero-order valence-electron chi connectivity index (χ0n) is 10.7. The predicted octanol–water partition coefficient (Wildman–Crippen LogP) is 0.716. The molecule has 2 aliphatic rings. The van der Waals surface area contributed by atoms with Crippen LogP contribution in [0.15, 0.2) is 0 Å². The van der Waals surface area contributed by atoms with E-state index in [2.05, 4.69) is 10.2 Å². The average molecular weight is 239 g/mol. The van der Waals surface area contributed by atoms with E-state index in [0.29, 0.717) is 5.92 Å². The van der Waals surface area contributed by atoms with Crippen LogP contribution >= 0.6 is 0 Å². The van der Waals surface area contributed by atoms with Crippen LogP contribution in [-0.4, -0.2) is 43.0 Å². The summed E-state index contributed by atoms with van der Waals surface area (Å²) < 4.78 is 0. The van der Waals surface area contributed by atoms with Crippen LogP contribution in [0.4, 0.5) is 0 Å². The van der Waals surface area contributed by atoms with E-state index in [1.165, 1.54) is 19.3 Å². The molecule has 1 amide bonds. The first kappa shape index (κ1) is 12.8. The number of nitrogens with two attached hydrogens (primary N) is 1. The van der Waals surface area contributed by atoms with Crippen molar-refractivity contribution in [1.82, 2.24) is 10.2 Å². The van der Waals surface area contributed by atoms with Gasteiger partial charge in [0.05, 0.1) is 6.04 Å². The van der Waals surface area contributed by atoms with Gasteiger partial charge in [-0.2, -0.15) is 0 Å². The highest BCUT2D eigenvalue weighted by atomic mass is 16.2. The lowest BCUT2D eigenvalue weighted by atomic mass is 9.93. The van der Waals surface area contributed by atoms with Gasteiger partial charge >= 0.3 is 0 Å². The van der Waals surface area contributed by atoms with Crippen molar-refractivity contribution in [3.05, 3.63) is 0 Å². The summed E-state index contributed by atoms with van der Waals surface area (Å²) in [6.45, 7) is 3.78. The molecule has 3 N–H and O–H groups in total. The van der Waals surface area contributed by atoms with Gasteiger partial charge in [0.15, 0.2) is 0 Å². The highest BCUT2D eigenvalue weighted by molar-refractivity contribution is 5.81. The van der Waals surface area contributed by atoms with Crippen LogP contribution in [0.5, 0.6) is 0 Å². The molecule has 0 aromatic carbocycles. The molecule has 0 aromatic rings. The van der Waals surface area contributed by atoms with Gasteiger partial charge in [-0.25, -0.2) is 0 Å². The second-order valence-electron chi connectivity index (χ2n) is 5.38. The van der Waals surface area contributed by atoms with E-state index in [9.17, 15) is 4.79 Å². The molecular formula is C13H25N3O. The summed E-state index contributed by atoms with van der Waals surface area (Å²) in [6.07, 6.45) is 6.92. The predicted molar refractivity (Wildman–Crippen MR) is 68.6 cm³/mol. The SMILES string of the molecule is NCCC1CCCN(C2CCCCNC2=O)C1. The molecule has 0 bridgehead atoms. The van der Waals surface area contributed by atoms with Gasteiger partial charge < -0.3 is 11.1 Å². The van der Waals surface area contributed by atoms with Gasteiger partial charge in [0, 0.05) is 13.1 Å². The number of nitrogens with zero attached hydrogens (tertiary/aromatic N) is 1. The molecule has 17 heavy (non-hydrogen) atoms. The van der Waals surface area contributed by atoms with Gasteiger partial charge in [-0.05, 0) is 57.5 Å². The zero-order chi connectivity index (χ0) is 12.1. The first-order valence-electron chi connectivity index (χ1n) is 7.03. The number of piperidine rings is 1. The van der Waals surface area contributed by atoms with Crippen molar-refractivity contribution in [1.29, 1.82) is 0 Å². The van der Waals surface area contributed by atoms with Crippen LogP contribution in [0, 0.1) is 5.92 Å². The fraction of sp³-hybridized carbons (Fsp3) is 0.923. The Labute approximate surface area is 104 Å². The number of nitrogens with one attached hydrogen (secondary N) is 1. The molecule has 98 valence electrons. The van der Waals surface area contributed by atoms with Crippen molar-refractivity contribution < 1.29 is 4.79 Å². The number of rotatable bonds is 3. The van der Waals surface area contributed by atoms with Gasteiger partial charge in [-0.1, -0.05) is 0 Å². The van der Waals surface area contributed by atoms with E-state index in [-0.39, 0.29) is 11.9 Å². The van der Waals surface area contributed by atoms with Crippen molar-refractivity contribution in [2.45, 2.75) is 44.6 Å². The minimum atomic E-state index is 0.123. The monoisotopic (exact) mass is 239 g/mol. The van der Waals surface area contributed by atoms with Crippen molar-refractivity contribution in [2.24, 2.45) is 11.7 Å². The zero-order valence-corrected chi connectivity index (χ0v) is 10.7. The molecule has 4 nitrogen and oxygen atoms in total. The van der Waals surface area contributed by atoms with Gasteiger partial charge in [0.25, 0.3) is 0 Å². The van der Waals surface area contributed by atoms with Gasteiger partial charge in [-0.15, -0.1) is 0 Å². The van der Waals surface area contributed by atoms with E-state index >= 15 is 0 Å². The van der Waals surface area contributed by atoms with Crippen LogP contribution in [-0.2, 0) is 4.79 Å². The summed E-state index contributed by atoms with van der Waals surface area (Å²) in [6, 6.07) is 0.123. The Morgan fingerprint density at radius 2 is 2.18 bits per heavy atom. The lowest BCUT2D eigenvalue weighted by Crippen LogP contribution is -2.49. The van der Waals surface area contributed by atoms with Crippen molar-refractivity contribution in [2.75, 3.05) is 26.2 Å². The van der Waals surface area contributed by atoms with Crippen LogP contribution in [0.2, 0.25) is 0 Å². The number of carbonyl (C=O) groups excluding carboxylic acids is 1. The largest absolute Gasteiger partial charge is 0.355 e. The Morgan fingerprint density at radius 3 is 3.00 bits per heavy atom. The summed E-state index contributed by atoms with van der Waals surface area (Å²) in [7, 11) is 0. The second-order valence-corrected chi connectivity index (χ2v) is 5.38. The Morgan fingerprint density at radius 1 is 1.29 bits per heavy atom. The summed E-state index contributed by atoms with van der Waals surface area (Å²) in [5, 5.41) is 3.03. The topological polar surface area (TPSA) is 58.4 Å². The molecule has 0 aliphatic carbocycles. The molecule has 2 atom stereocenters. The van der Waals surface area contributed by atoms with E-state index in [1.54, 1.807) is 0 Å². The van der Waals surface area contributed by atoms with E-state index in [1.807, 2.05) is 0 Å². The lowest BCUT2D eigenvalue weighted by molar-refractivity contribution is -0.126. The summed E-state index contributed by atoms with van der Waals surface area (Å²) in [4.78, 5) is 14.4. The lowest BCUT2D eigenvalue weighted by Gasteiger charge is -2.37. The Kier molecular flexibility index (Phi) is 4.80. The fourth-order valence-electron chi connectivity index (χ4n) is 3.12. The third-order valence-corrected chi connectivity index (χ3v) is 4.07. The average Bonchev–Trinajstić information content (AvgIpc) is 2.55. The summed E-state index contributed by atoms with van der Waals surface area (Å²) >= 11 is 0. The minimum absolute atomic E-state index is 0.123. The maximum Gasteiger partial charge on any atom is 0.237 e. The van der Waals surface area contributed by atoms with Crippen molar-refractivity contribution in [3.63, 3.8) is 0 Å². The normalized spacial score (nSPS) is 31.9. The molecule has 2 saturated heterocycles. The molecule has 0 radical (unpaired) electrons. The molecule has 0 spiro atoms. The molecule has 0 saturated carbocycles. The van der Waals surface area contributed by atoms with E-state index < -0.39 is 0 Å². The van der Waals surface area contributed by atoms with Crippen molar-refractivity contribution >= 4 is 5.91 Å². The molecule has 0 aromatic heterocycles. The highest BCUT2D eigenvalue weighted by Gasteiger charge is 2.30. The maximum absolute atomic E-state index is 12.0. The second kappa shape index (κ2) is 6.36. The molecule has 2 heterocycles. The number of likely N-dealkylation sites (tertiary alicyclic amines) is 1. The molecule has 2 rings (SSSR count). The van der Waals surface area contributed by atoms with Crippen LogP contribution in [0.1, 0.15) is 38.5 Å². The molecular weight excluding hydrogens is 214 g/mol. The molecule has 2 fully saturated rings. The quantitative estimate of drug-likeness (QED) is 0.763. The summed E-state index contributed by atoms with van der Waals surface area (Å²) in [5.41, 5.74) is 5.64. The van der Waals surface area contributed by atoms with Crippen LogP contribution < -0.4 is 11.1 Å². The molecule has 2 unspecified atom stereocenters. The van der Waals surface area contributed by atoms with Crippen molar-refractivity contribution in [3.8, 4) is 0 Å². The summed E-state index contributed by atoms with van der Waals surface area (Å²) in [5.74, 6) is 0.945. The fourth-order valence-corrected chi connectivity index (χ4v) is 3.12. The number of hydrogen-bond acceptors (Lipinski definition) is 3. The first-order chi connectivity index (χ1) is 8.31. The molecule has 2 aliphatic heterocycles. The van der Waals surface area contributed by atoms with Gasteiger partial charge in [0.1, 0.15) is 0 Å². The maximum atomic E-state index is 12.0. The Balaban J connectivity index is 1.92. The van der Waals surface area contributed by atoms with Crippen LogP contribution in [0.25, 0.3) is 0 Å². The Bertz CT molecular complexity index is 255. The standard InChI is InChI=1S/C13H25N3O/c14-7-6-11-4-3-9-16(10-11)12-5-1-2-8-15-13(12)17/h11-12H,1-10,14H2,(H,15,17). The third-order valence-electron chi connectivity index (χ3n) is 4.07. The van der Waals surface area contributed by atoms with Gasteiger partial charge in [0.2, 0.25) is 5.91 Å². The number of carbonyl (C=O) groups is 1. The third kappa shape index (κ3) is 3.42. The first-order valence-corrected chi connectivity index (χ1v) is 7.03. The van der Waals surface area contributed by atoms with E-state index in [0.717, 1.165) is 45.4 Å². The van der Waals surface area contributed by atoms with Crippen LogP contribution in [0.3, 0.4) is 0 Å². The smallest absolute Gasteiger partial charge is 0.237 e. The van der Waals surface area contributed by atoms with Gasteiger partial charge in [-0.3, -0.25) is 9.69 Å². The number of hydrogen-bond donors (Lipinski definition) is 2. The van der Waals surface area contributed by atoms with E-state index in [4.69, 9.17) is 5.73 Å². The highest BCUT2D eigenvalue weighted by Crippen LogP contribution is 2.23. The Hall–Kier alpha value is -0.610.